The van der Waals surface area contributed by atoms with Crippen molar-refractivity contribution >= 4 is 27.3 Å². The van der Waals surface area contributed by atoms with Crippen molar-refractivity contribution in [1.82, 2.24) is 0 Å². The SMILES string of the molecule is O=S(=O)(c1cccc(C(F)(F)F)c1)N1CC(CO)Cc2ccc(OCc3c(F)cccc3Cl)cc21. The first-order valence-corrected chi connectivity index (χ1v) is 12.3. The molecule has 0 saturated carbocycles. The standard InChI is InChI=1S/C24H20ClF4NO4S/c25-21-5-2-6-22(26)20(21)14-34-18-8-7-16-9-15(13-31)12-30(23(16)11-18)35(32,33)19-4-1-3-17(10-19)24(27,28)29/h1-8,10-11,15,31H,9,12-14H2. The minimum Gasteiger partial charge on any atom is -0.489 e. The van der Waals surface area contributed by atoms with Gasteiger partial charge in [0, 0.05) is 30.7 Å². The average Bonchev–Trinajstić information content (AvgIpc) is 2.82. The highest BCUT2D eigenvalue weighted by atomic mass is 35.5. The van der Waals surface area contributed by atoms with E-state index in [1.165, 1.54) is 24.3 Å². The van der Waals surface area contributed by atoms with Gasteiger partial charge in [0.2, 0.25) is 0 Å². The van der Waals surface area contributed by atoms with E-state index in [9.17, 15) is 31.1 Å². The smallest absolute Gasteiger partial charge is 0.416 e. The maximum Gasteiger partial charge on any atom is 0.416 e. The molecule has 5 nitrogen and oxygen atoms in total. The Kier molecular flexibility index (Phi) is 6.99. The molecule has 1 aliphatic rings. The number of hydrogen-bond acceptors (Lipinski definition) is 4. The molecule has 0 saturated heterocycles. The van der Waals surface area contributed by atoms with Gasteiger partial charge in [-0.25, -0.2) is 12.8 Å². The largest absolute Gasteiger partial charge is 0.489 e. The fourth-order valence-corrected chi connectivity index (χ4v) is 5.72. The monoisotopic (exact) mass is 529 g/mol. The van der Waals surface area contributed by atoms with E-state index in [4.69, 9.17) is 16.3 Å². The fourth-order valence-electron chi connectivity index (χ4n) is 3.88. The lowest BCUT2D eigenvalue weighted by Gasteiger charge is -2.35. The number of halogens is 5. The summed E-state index contributed by atoms with van der Waals surface area (Å²) in [7, 11) is -4.41. The van der Waals surface area contributed by atoms with Crippen LogP contribution in [-0.4, -0.2) is 26.7 Å². The number of anilines is 1. The number of aliphatic hydroxyl groups excluding tert-OH is 1. The van der Waals surface area contributed by atoms with Gasteiger partial charge in [0.25, 0.3) is 10.0 Å². The third-order valence-electron chi connectivity index (χ3n) is 5.71. The van der Waals surface area contributed by atoms with Gasteiger partial charge in [0.1, 0.15) is 18.2 Å². The molecule has 1 aliphatic heterocycles. The lowest BCUT2D eigenvalue weighted by atomic mass is 9.94. The highest BCUT2D eigenvalue weighted by Gasteiger charge is 2.36. The number of ether oxygens (including phenoxy) is 1. The molecule has 0 spiro atoms. The first-order chi connectivity index (χ1) is 16.5. The molecule has 1 heterocycles. The van der Waals surface area contributed by atoms with Gasteiger partial charge in [0.15, 0.2) is 0 Å². The molecule has 3 aromatic rings. The Labute approximate surface area is 204 Å². The molecule has 0 amide bonds. The third kappa shape index (κ3) is 5.24. The maximum absolute atomic E-state index is 14.1. The minimum absolute atomic E-state index is 0.126. The lowest BCUT2D eigenvalue weighted by molar-refractivity contribution is -0.137. The van der Waals surface area contributed by atoms with Crippen LogP contribution >= 0.6 is 11.6 Å². The summed E-state index contributed by atoms with van der Waals surface area (Å²) in [4.78, 5) is -0.527. The molecule has 1 atom stereocenters. The van der Waals surface area contributed by atoms with Crippen LogP contribution in [0.4, 0.5) is 23.2 Å². The van der Waals surface area contributed by atoms with Crippen molar-refractivity contribution in [2.24, 2.45) is 5.92 Å². The third-order valence-corrected chi connectivity index (χ3v) is 7.84. The van der Waals surface area contributed by atoms with Crippen molar-refractivity contribution < 1.29 is 35.8 Å². The number of rotatable bonds is 6. The summed E-state index contributed by atoms with van der Waals surface area (Å²) in [5.74, 6) is -0.795. The van der Waals surface area contributed by atoms with Gasteiger partial charge in [0.05, 0.1) is 21.2 Å². The molecular formula is C24H20ClF4NO4S. The molecule has 11 heteroatoms. The van der Waals surface area contributed by atoms with Crippen LogP contribution in [0, 0.1) is 11.7 Å². The van der Waals surface area contributed by atoms with Crippen LogP contribution in [0.2, 0.25) is 5.02 Å². The van der Waals surface area contributed by atoms with Crippen LogP contribution in [0.15, 0.2) is 65.6 Å². The maximum atomic E-state index is 14.1. The van der Waals surface area contributed by atoms with Gasteiger partial charge < -0.3 is 9.84 Å². The summed E-state index contributed by atoms with van der Waals surface area (Å²) in [6.45, 7) is -0.660. The molecule has 1 unspecified atom stereocenters. The zero-order chi connectivity index (χ0) is 25.4. The van der Waals surface area contributed by atoms with Crippen molar-refractivity contribution in [2.45, 2.75) is 24.1 Å². The predicted octanol–water partition coefficient (Wildman–Crippen LogP) is 5.44. The van der Waals surface area contributed by atoms with Crippen LogP contribution in [0.1, 0.15) is 16.7 Å². The van der Waals surface area contributed by atoms with Gasteiger partial charge >= 0.3 is 6.18 Å². The number of aliphatic hydroxyl groups is 1. The second-order valence-corrected chi connectivity index (χ2v) is 10.4. The Balaban J connectivity index is 1.70. The van der Waals surface area contributed by atoms with Crippen molar-refractivity contribution in [3.63, 3.8) is 0 Å². The van der Waals surface area contributed by atoms with Gasteiger partial charge in [-0.05, 0) is 48.4 Å². The van der Waals surface area contributed by atoms with E-state index in [0.29, 0.717) is 18.1 Å². The number of benzene rings is 3. The average molecular weight is 530 g/mol. The van der Waals surface area contributed by atoms with E-state index in [-0.39, 0.29) is 41.8 Å². The fraction of sp³-hybridized carbons (Fsp3) is 0.250. The second-order valence-electron chi connectivity index (χ2n) is 8.09. The molecule has 0 aromatic heterocycles. The Morgan fingerprint density at radius 1 is 1.09 bits per heavy atom. The Hall–Kier alpha value is -2.82. The van der Waals surface area contributed by atoms with Crippen molar-refractivity contribution in [2.75, 3.05) is 17.5 Å². The number of fused-ring (bicyclic) bond motifs is 1. The van der Waals surface area contributed by atoms with E-state index in [1.807, 2.05) is 0 Å². The van der Waals surface area contributed by atoms with Gasteiger partial charge in [-0.1, -0.05) is 29.8 Å². The van der Waals surface area contributed by atoms with Crippen molar-refractivity contribution in [3.05, 3.63) is 88.2 Å². The topological polar surface area (TPSA) is 66.8 Å². The Morgan fingerprint density at radius 2 is 1.83 bits per heavy atom. The molecule has 35 heavy (non-hydrogen) atoms. The van der Waals surface area contributed by atoms with E-state index in [1.54, 1.807) is 12.1 Å². The van der Waals surface area contributed by atoms with E-state index in [2.05, 4.69) is 0 Å². The quantitative estimate of drug-likeness (QED) is 0.432. The number of nitrogens with zero attached hydrogens (tertiary/aromatic N) is 1. The Morgan fingerprint density at radius 3 is 2.51 bits per heavy atom. The first kappa shape index (κ1) is 25.3. The molecular weight excluding hydrogens is 510 g/mol. The highest BCUT2D eigenvalue weighted by Crippen LogP contribution is 2.38. The highest BCUT2D eigenvalue weighted by molar-refractivity contribution is 7.92. The molecule has 186 valence electrons. The van der Waals surface area contributed by atoms with Crippen molar-refractivity contribution in [3.8, 4) is 5.75 Å². The summed E-state index contributed by atoms with van der Waals surface area (Å²) in [5.41, 5.74) is -0.180. The summed E-state index contributed by atoms with van der Waals surface area (Å²) < 4.78 is 87.2. The summed E-state index contributed by atoms with van der Waals surface area (Å²) >= 11 is 6.03. The van der Waals surface area contributed by atoms with Gasteiger partial charge in [-0.2, -0.15) is 13.2 Å². The van der Waals surface area contributed by atoms with Crippen LogP contribution in [0.3, 0.4) is 0 Å². The van der Waals surface area contributed by atoms with E-state index in [0.717, 1.165) is 22.5 Å². The zero-order valence-electron chi connectivity index (χ0n) is 18.1. The van der Waals surface area contributed by atoms with Gasteiger partial charge in [-0.15, -0.1) is 0 Å². The summed E-state index contributed by atoms with van der Waals surface area (Å²) in [6.07, 6.45) is -4.35. The molecule has 4 rings (SSSR count). The molecule has 3 aromatic carbocycles. The minimum atomic E-state index is -4.71. The zero-order valence-corrected chi connectivity index (χ0v) is 19.7. The number of sulfonamides is 1. The van der Waals surface area contributed by atoms with Crippen LogP contribution < -0.4 is 9.04 Å². The number of hydrogen-bond donors (Lipinski definition) is 1. The lowest BCUT2D eigenvalue weighted by Crippen LogP contribution is -2.41. The van der Waals surface area contributed by atoms with Crippen LogP contribution in [0.25, 0.3) is 0 Å². The predicted molar refractivity (Wildman–Crippen MR) is 122 cm³/mol. The molecule has 0 aliphatic carbocycles. The normalized spacial score (nSPS) is 16.2. The van der Waals surface area contributed by atoms with Gasteiger partial charge in [-0.3, -0.25) is 4.31 Å². The van der Waals surface area contributed by atoms with E-state index >= 15 is 0 Å². The number of alkyl halides is 3. The second kappa shape index (κ2) is 9.67. The summed E-state index contributed by atoms with van der Waals surface area (Å²) in [6, 6.07) is 12.3. The molecule has 0 radical (unpaired) electrons. The Bertz CT molecular complexity index is 1330. The summed E-state index contributed by atoms with van der Waals surface area (Å²) in [5, 5.41) is 9.86. The van der Waals surface area contributed by atoms with Crippen LogP contribution in [-0.2, 0) is 29.2 Å². The first-order valence-electron chi connectivity index (χ1n) is 10.5. The molecule has 0 bridgehead atoms. The van der Waals surface area contributed by atoms with Crippen LogP contribution in [0.5, 0.6) is 5.75 Å². The molecule has 1 N–H and O–H groups in total. The molecule has 0 fully saturated rings. The van der Waals surface area contributed by atoms with E-state index < -0.39 is 38.4 Å². The van der Waals surface area contributed by atoms with Crippen molar-refractivity contribution in [1.29, 1.82) is 0 Å².